The molecule has 0 aliphatic carbocycles. The highest BCUT2D eigenvalue weighted by atomic mass is 32.2. The van der Waals surface area contributed by atoms with Gasteiger partial charge in [-0.25, -0.2) is 0 Å². The highest BCUT2D eigenvalue weighted by molar-refractivity contribution is 7.85. The standard InChI is InChI=1S/C19H39N3O6S/c1-6-9-12-25-15-17(21-22-20)18(26-13-10-7-2)19(4,27-14-11-8-3)16-28-29(5,23)24/h17-18H,6-16H2,1-5H3/t17-,18-,19+/m1/s1. The molecule has 0 spiro atoms. The van der Waals surface area contributed by atoms with Crippen LogP contribution in [0.15, 0.2) is 5.11 Å². The molecule has 9 nitrogen and oxygen atoms in total. The number of rotatable bonds is 19. The highest BCUT2D eigenvalue weighted by Gasteiger charge is 2.42. The van der Waals surface area contributed by atoms with E-state index in [0.29, 0.717) is 19.8 Å². The van der Waals surface area contributed by atoms with Crippen LogP contribution in [0.3, 0.4) is 0 Å². The molecule has 0 aliphatic rings. The summed E-state index contributed by atoms with van der Waals surface area (Å²) in [4.78, 5) is 2.95. The second-order valence-electron chi connectivity index (χ2n) is 7.33. The Bertz CT molecular complexity index is 568. The lowest BCUT2D eigenvalue weighted by molar-refractivity contribution is -0.165. The molecular formula is C19H39N3O6S. The molecule has 0 saturated heterocycles. The first-order valence-corrected chi connectivity index (χ1v) is 12.3. The van der Waals surface area contributed by atoms with Gasteiger partial charge in [0, 0.05) is 24.7 Å². The summed E-state index contributed by atoms with van der Waals surface area (Å²) in [5, 5.41) is 3.89. The van der Waals surface area contributed by atoms with E-state index in [2.05, 4.69) is 16.9 Å². The largest absolute Gasteiger partial charge is 0.381 e. The molecule has 0 radical (unpaired) electrons. The molecule has 0 aliphatic heterocycles. The third kappa shape index (κ3) is 13.1. The first-order valence-electron chi connectivity index (χ1n) is 10.5. The molecule has 29 heavy (non-hydrogen) atoms. The maximum Gasteiger partial charge on any atom is 0.264 e. The monoisotopic (exact) mass is 437 g/mol. The van der Waals surface area contributed by atoms with Crippen molar-refractivity contribution in [2.24, 2.45) is 5.11 Å². The third-order valence-corrected chi connectivity index (χ3v) is 4.91. The lowest BCUT2D eigenvalue weighted by Crippen LogP contribution is -2.54. The maximum atomic E-state index is 11.6. The summed E-state index contributed by atoms with van der Waals surface area (Å²) in [5.74, 6) is 0. The van der Waals surface area contributed by atoms with Gasteiger partial charge in [-0.15, -0.1) is 0 Å². The molecule has 0 bridgehead atoms. The zero-order valence-corrected chi connectivity index (χ0v) is 19.4. The normalized spacial score (nSPS) is 16.0. The summed E-state index contributed by atoms with van der Waals surface area (Å²) in [6.45, 7) is 9.18. The molecule has 0 aromatic heterocycles. The van der Waals surface area contributed by atoms with Crippen molar-refractivity contribution in [3.63, 3.8) is 0 Å². The summed E-state index contributed by atoms with van der Waals surface area (Å²) >= 11 is 0. The second-order valence-corrected chi connectivity index (χ2v) is 8.97. The molecule has 172 valence electrons. The van der Waals surface area contributed by atoms with Crippen LogP contribution in [0.4, 0.5) is 0 Å². The fourth-order valence-electron chi connectivity index (χ4n) is 2.63. The summed E-state index contributed by atoms with van der Waals surface area (Å²) in [7, 11) is -3.68. The van der Waals surface area contributed by atoms with Gasteiger partial charge in [0.2, 0.25) is 0 Å². The van der Waals surface area contributed by atoms with Crippen molar-refractivity contribution in [3.8, 4) is 0 Å². The minimum absolute atomic E-state index is 0.159. The number of unbranched alkanes of at least 4 members (excludes halogenated alkanes) is 3. The van der Waals surface area contributed by atoms with Gasteiger partial charge in [0.25, 0.3) is 10.1 Å². The van der Waals surface area contributed by atoms with E-state index in [1.54, 1.807) is 6.92 Å². The molecular weight excluding hydrogens is 398 g/mol. The van der Waals surface area contributed by atoms with Crippen molar-refractivity contribution in [2.75, 3.05) is 39.3 Å². The lowest BCUT2D eigenvalue weighted by atomic mass is 9.93. The Morgan fingerprint density at radius 2 is 1.62 bits per heavy atom. The number of hydrogen-bond acceptors (Lipinski definition) is 7. The van der Waals surface area contributed by atoms with Crippen LogP contribution in [0.25, 0.3) is 10.4 Å². The second kappa shape index (κ2) is 15.9. The van der Waals surface area contributed by atoms with Crippen molar-refractivity contribution in [2.45, 2.75) is 84.0 Å². The van der Waals surface area contributed by atoms with Crippen LogP contribution < -0.4 is 0 Å². The van der Waals surface area contributed by atoms with Gasteiger partial charge in [-0.2, -0.15) is 8.42 Å². The quantitative estimate of drug-likeness (QED) is 0.0981. The van der Waals surface area contributed by atoms with E-state index in [4.69, 9.17) is 23.9 Å². The van der Waals surface area contributed by atoms with Crippen LogP contribution in [0, 0.1) is 0 Å². The van der Waals surface area contributed by atoms with E-state index >= 15 is 0 Å². The molecule has 0 aromatic rings. The number of nitrogens with zero attached hydrogens (tertiary/aromatic N) is 3. The first kappa shape index (κ1) is 28.1. The number of hydrogen-bond donors (Lipinski definition) is 0. The van der Waals surface area contributed by atoms with Crippen LogP contribution >= 0.6 is 0 Å². The van der Waals surface area contributed by atoms with Gasteiger partial charge in [0.15, 0.2) is 0 Å². The molecule has 0 amide bonds. The van der Waals surface area contributed by atoms with Gasteiger partial charge in [0.1, 0.15) is 5.60 Å². The minimum Gasteiger partial charge on any atom is -0.381 e. The molecule has 0 N–H and O–H groups in total. The van der Waals surface area contributed by atoms with Crippen molar-refractivity contribution in [1.82, 2.24) is 0 Å². The van der Waals surface area contributed by atoms with E-state index in [1.807, 2.05) is 13.8 Å². The van der Waals surface area contributed by atoms with Crippen molar-refractivity contribution >= 4 is 10.1 Å². The minimum atomic E-state index is -3.68. The maximum absolute atomic E-state index is 11.6. The van der Waals surface area contributed by atoms with Crippen LogP contribution in [0.5, 0.6) is 0 Å². The summed E-state index contributed by atoms with van der Waals surface area (Å²) in [6.07, 6.45) is 5.62. The fourth-order valence-corrected chi connectivity index (χ4v) is 3.07. The topological polar surface area (TPSA) is 120 Å². The Kier molecular flexibility index (Phi) is 15.4. The molecule has 0 aromatic carbocycles. The van der Waals surface area contributed by atoms with Crippen molar-refractivity contribution in [1.29, 1.82) is 0 Å². The SMILES string of the molecule is CCCCOC[C@@H](N=[N+]=[N-])[C@@H](OCCCC)[C@](C)(COS(C)(=O)=O)OCCCC. The van der Waals surface area contributed by atoms with Gasteiger partial charge in [-0.1, -0.05) is 45.1 Å². The number of azide groups is 1. The van der Waals surface area contributed by atoms with Gasteiger partial charge in [0.05, 0.1) is 31.6 Å². The highest BCUT2D eigenvalue weighted by Crippen LogP contribution is 2.26. The molecule has 3 atom stereocenters. The van der Waals surface area contributed by atoms with Gasteiger partial charge in [-0.3, -0.25) is 4.18 Å². The van der Waals surface area contributed by atoms with Crippen LogP contribution in [-0.2, 0) is 28.5 Å². The van der Waals surface area contributed by atoms with E-state index in [9.17, 15) is 8.42 Å². The average Bonchev–Trinajstić information content (AvgIpc) is 2.66. The van der Waals surface area contributed by atoms with Crippen LogP contribution in [-0.4, -0.2) is 65.5 Å². The van der Waals surface area contributed by atoms with Gasteiger partial charge < -0.3 is 14.2 Å². The predicted octanol–water partition coefficient (Wildman–Crippen LogP) is 4.22. The Balaban J connectivity index is 5.65. The predicted molar refractivity (Wildman–Crippen MR) is 113 cm³/mol. The van der Waals surface area contributed by atoms with Crippen molar-refractivity contribution < 1.29 is 26.8 Å². The Morgan fingerprint density at radius 3 is 2.17 bits per heavy atom. The summed E-state index contributed by atoms with van der Waals surface area (Å²) in [5.41, 5.74) is 7.95. The smallest absolute Gasteiger partial charge is 0.264 e. The fraction of sp³-hybridized carbons (Fsp3) is 1.00. The Morgan fingerprint density at radius 1 is 1.03 bits per heavy atom. The Hall–Kier alpha value is -0.900. The van der Waals surface area contributed by atoms with E-state index in [1.165, 1.54) is 0 Å². The zero-order valence-electron chi connectivity index (χ0n) is 18.6. The van der Waals surface area contributed by atoms with Crippen LogP contribution in [0.2, 0.25) is 0 Å². The molecule has 0 fully saturated rings. The number of ether oxygens (including phenoxy) is 3. The molecule has 0 rings (SSSR count). The van der Waals surface area contributed by atoms with Gasteiger partial charge in [-0.05, 0) is 31.7 Å². The molecule has 0 saturated carbocycles. The first-order chi connectivity index (χ1) is 13.7. The van der Waals surface area contributed by atoms with Crippen LogP contribution in [0.1, 0.15) is 66.2 Å². The van der Waals surface area contributed by atoms with E-state index in [0.717, 1.165) is 44.8 Å². The summed E-state index contributed by atoms with van der Waals surface area (Å²) in [6, 6.07) is -0.677. The summed E-state index contributed by atoms with van der Waals surface area (Å²) < 4.78 is 46.1. The molecule has 10 heteroatoms. The average molecular weight is 438 g/mol. The van der Waals surface area contributed by atoms with E-state index in [-0.39, 0.29) is 13.2 Å². The van der Waals surface area contributed by atoms with Crippen molar-refractivity contribution in [3.05, 3.63) is 10.4 Å². The molecule has 0 heterocycles. The zero-order chi connectivity index (χ0) is 22.2. The lowest BCUT2D eigenvalue weighted by Gasteiger charge is -2.39. The Labute approximate surface area is 176 Å². The molecule has 0 unspecified atom stereocenters. The van der Waals surface area contributed by atoms with Gasteiger partial charge >= 0.3 is 0 Å². The third-order valence-electron chi connectivity index (χ3n) is 4.37. The van der Waals surface area contributed by atoms with E-state index < -0.39 is 27.9 Å².